The van der Waals surface area contributed by atoms with Gasteiger partial charge in [-0.1, -0.05) is 12.8 Å². The van der Waals surface area contributed by atoms with Gasteiger partial charge in [-0.25, -0.2) is 4.79 Å². The van der Waals surface area contributed by atoms with Crippen molar-refractivity contribution < 1.29 is 9.59 Å². The van der Waals surface area contributed by atoms with Crippen LogP contribution in [0.4, 0.5) is 4.79 Å². The lowest BCUT2D eigenvalue weighted by Crippen LogP contribution is -2.53. The second kappa shape index (κ2) is 6.67. The van der Waals surface area contributed by atoms with Crippen LogP contribution in [0.5, 0.6) is 0 Å². The molecule has 0 spiro atoms. The van der Waals surface area contributed by atoms with Gasteiger partial charge in [-0.15, -0.1) is 0 Å². The van der Waals surface area contributed by atoms with E-state index in [1.54, 1.807) is 0 Å². The highest BCUT2D eigenvalue weighted by atomic mass is 16.2. The maximum Gasteiger partial charge on any atom is 0.317 e. The third kappa shape index (κ3) is 4.90. The predicted octanol–water partition coefficient (Wildman–Crippen LogP) is 2.27. The highest BCUT2D eigenvalue weighted by Crippen LogP contribution is 2.25. The van der Waals surface area contributed by atoms with Crippen LogP contribution in [-0.2, 0) is 4.79 Å². The topological polar surface area (TPSA) is 61.4 Å². The summed E-state index contributed by atoms with van der Waals surface area (Å²) < 4.78 is 0. The van der Waals surface area contributed by atoms with Gasteiger partial charge in [0.2, 0.25) is 5.91 Å². The Kier molecular flexibility index (Phi) is 5.12. The minimum atomic E-state index is -0.204. The number of carbonyl (C=O) groups is 2. The van der Waals surface area contributed by atoms with E-state index in [1.807, 2.05) is 25.7 Å². The number of nitrogens with zero attached hydrogens (tertiary/aromatic N) is 1. The molecule has 5 nitrogen and oxygen atoms in total. The van der Waals surface area contributed by atoms with Crippen molar-refractivity contribution in [3.05, 3.63) is 0 Å². The normalized spacial score (nSPS) is 21.4. The molecule has 3 amide bonds. The van der Waals surface area contributed by atoms with E-state index >= 15 is 0 Å². The molecule has 2 aliphatic rings. The number of hydrogen-bond donors (Lipinski definition) is 2. The van der Waals surface area contributed by atoms with E-state index in [9.17, 15) is 9.59 Å². The lowest BCUT2D eigenvalue weighted by molar-refractivity contribution is -0.125. The van der Waals surface area contributed by atoms with Crippen LogP contribution >= 0.6 is 0 Å². The summed E-state index contributed by atoms with van der Waals surface area (Å²) in [6.45, 7) is 7.40. The van der Waals surface area contributed by atoms with Crippen molar-refractivity contribution in [2.75, 3.05) is 13.1 Å². The zero-order chi connectivity index (χ0) is 15.5. The first kappa shape index (κ1) is 16.1. The number of rotatable bonds is 2. The molecule has 1 aliphatic carbocycles. The fourth-order valence-corrected chi connectivity index (χ4v) is 3.13. The largest absolute Gasteiger partial charge is 0.353 e. The number of piperidine rings is 1. The fourth-order valence-electron chi connectivity index (χ4n) is 3.13. The third-order valence-electron chi connectivity index (χ3n) is 4.34. The Morgan fingerprint density at radius 1 is 1.00 bits per heavy atom. The zero-order valence-electron chi connectivity index (χ0n) is 13.6. The molecule has 1 saturated carbocycles. The van der Waals surface area contributed by atoms with E-state index in [1.165, 1.54) is 12.8 Å². The molecule has 1 saturated heterocycles. The van der Waals surface area contributed by atoms with Gasteiger partial charge in [-0.3, -0.25) is 4.79 Å². The SMILES string of the molecule is CC(C)(C)NC(=O)N1CCC(NC(=O)C2CCCC2)CC1. The van der Waals surface area contributed by atoms with Gasteiger partial charge in [0.15, 0.2) is 0 Å². The van der Waals surface area contributed by atoms with Crippen molar-refractivity contribution >= 4 is 11.9 Å². The summed E-state index contributed by atoms with van der Waals surface area (Å²) >= 11 is 0. The number of nitrogens with one attached hydrogen (secondary N) is 2. The fraction of sp³-hybridized carbons (Fsp3) is 0.875. The molecule has 21 heavy (non-hydrogen) atoms. The van der Waals surface area contributed by atoms with Crippen LogP contribution in [0.25, 0.3) is 0 Å². The van der Waals surface area contributed by atoms with Crippen LogP contribution < -0.4 is 10.6 Å². The maximum atomic E-state index is 12.1. The van der Waals surface area contributed by atoms with Crippen molar-refractivity contribution in [3.63, 3.8) is 0 Å². The van der Waals surface area contributed by atoms with E-state index in [0.717, 1.165) is 38.8 Å². The maximum absolute atomic E-state index is 12.1. The number of amides is 3. The Morgan fingerprint density at radius 2 is 1.57 bits per heavy atom. The Labute approximate surface area is 127 Å². The number of urea groups is 1. The molecule has 0 aromatic rings. The molecular weight excluding hydrogens is 266 g/mol. The van der Waals surface area contributed by atoms with E-state index < -0.39 is 0 Å². The zero-order valence-corrected chi connectivity index (χ0v) is 13.6. The first-order valence-electron chi connectivity index (χ1n) is 8.22. The molecule has 2 rings (SSSR count). The Bertz CT molecular complexity index is 375. The Hall–Kier alpha value is -1.26. The van der Waals surface area contributed by atoms with Crippen molar-refractivity contribution in [3.8, 4) is 0 Å². The molecule has 1 heterocycles. The summed E-state index contributed by atoms with van der Waals surface area (Å²) in [5.41, 5.74) is -0.204. The van der Waals surface area contributed by atoms with Crippen LogP contribution in [0, 0.1) is 5.92 Å². The molecule has 0 bridgehead atoms. The van der Waals surface area contributed by atoms with Crippen molar-refractivity contribution in [2.45, 2.75) is 70.9 Å². The van der Waals surface area contributed by atoms with Crippen LogP contribution in [0.15, 0.2) is 0 Å². The monoisotopic (exact) mass is 295 g/mol. The van der Waals surface area contributed by atoms with Crippen LogP contribution in [0.1, 0.15) is 59.3 Å². The minimum absolute atomic E-state index is 0.00284. The highest BCUT2D eigenvalue weighted by Gasteiger charge is 2.28. The van der Waals surface area contributed by atoms with Gasteiger partial charge in [-0.05, 0) is 46.5 Å². The number of hydrogen-bond acceptors (Lipinski definition) is 2. The molecule has 120 valence electrons. The van der Waals surface area contributed by atoms with Crippen LogP contribution in [-0.4, -0.2) is 41.5 Å². The molecule has 1 aliphatic heterocycles. The van der Waals surface area contributed by atoms with Gasteiger partial charge in [0.1, 0.15) is 0 Å². The average molecular weight is 295 g/mol. The van der Waals surface area contributed by atoms with Crippen molar-refractivity contribution in [2.24, 2.45) is 5.92 Å². The van der Waals surface area contributed by atoms with Gasteiger partial charge in [0, 0.05) is 30.6 Å². The molecule has 0 atom stereocenters. The molecule has 0 aromatic carbocycles. The second-order valence-electron chi connectivity index (χ2n) is 7.43. The van der Waals surface area contributed by atoms with Gasteiger partial charge in [-0.2, -0.15) is 0 Å². The number of likely N-dealkylation sites (tertiary alicyclic amines) is 1. The molecule has 5 heteroatoms. The molecule has 0 unspecified atom stereocenters. The van der Waals surface area contributed by atoms with Crippen LogP contribution in [0.2, 0.25) is 0 Å². The summed E-state index contributed by atoms with van der Waals surface area (Å²) in [6.07, 6.45) is 6.16. The van der Waals surface area contributed by atoms with E-state index in [2.05, 4.69) is 10.6 Å². The van der Waals surface area contributed by atoms with Gasteiger partial charge in [0.05, 0.1) is 0 Å². The molecular formula is C16H29N3O2. The highest BCUT2D eigenvalue weighted by molar-refractivity contribution is 5.79. The Balaban J connectivity index is 1.72. The minimum Gasteiger partial charge on any atom is -0.353 e. The second-order valence-corrected chi connectivity index (χ2v) is 7.43. The summed E-state index contributed by atoms with van der Waals surface area (Å²) in [5.74, 6) is 0.456. The Morgan fingerprint density at radius 3 is 2.10 bits per heavy atom. The van der Waals surface area contributed by atoms with Crippen LogP contribution in [0.3, 0.4) is 0 Å². The molecule has 2 N–H and O–H groups in total. The predicted molar refractivity (Wildman–Crippen MR) is 83.0 cm³/mol. The standard InChI is InChI=1S/C16H29N3O2/c1-16(2,3)18-15(21)19-10-8-13(9-11-19)17-14(20)12-6-4-5-7-12/h12-13H,4-11H2,1-3H3,(H,17,20)(H,18,21). The van der Waals surface area contributed by atoms with E-state index in [0.29, 0.717) is 0 Å². The van der Waals surface area contributed by atoms with Crippen molar-refractivity contribution in [1.82, 2.24) is 15.5 Å². The first-order chi connectivity index (χ1) is 9.85. The molecule has 0 radical (unpaired) electrons. The lowest BCUT2D eigenvalue weighted by atomic mass is 10.0. The summed E-state index contributed by atoms with van der Waals surface area (Å²) in [6, 6.07) is 0.236. The van der Waals surface area contributed by atoms with Gasteiger partial charge in [0.25, 0.3) is 0 Å². The smallest absolute Gasteiger partial charge is 0.317 e. The molecule has 0 aromatic heterocycles. The third-order valence-corrected chi connectivity index (χ3v) is 4.34. The quantitative estimate of drug-likeness (QED) is 0.821. The first-order valence-corrected chi connectivity index (χ1v) is 8.22. The average Bonchev–Trinajstić information content (AvgIpc) is 2.91. The van der Waals surface area contributed by atoms with Crippen molar-refractivity contribution in [1.29, 1.82) is 0 Å². The van der Waals surface area contributed by atoms with Gasteiger partial charge >= 0.3 is 6.03 Å². The lowest BCUT2D eigenvalue weighted by Gasteiger charge is -2.34. The summed E-state index contributed by atoms with van der Waals surface area (Å²) in [7, 11) is 0. The number of carbonyl (C=O) groups excluding carboxylic acids is 2. The summed E-state index contributed by atoms with van der Waals surface area (Å²) in [5, 5.41) is 6.16. The van der Waals surface area contributed by atoms with E-state index in [-0.39, 0.29) is 29.4 Å². The summed E-state index contributed by atoms with van der Waals surface area (Å²) in [4.78, 5) is 26.0. The van der Waals surface area contributed by atoms with E-state index in [4.69, 9.17) is 0 Å². The van der Waals surface area contributed by atoms with Gasteiger partial charge < -0.3 is 15.5 Å². The molecule has 2 fully saturated rings.